The maximum Gasteiger partial charge on any atom is 0.210 e. The highest BCUT2D eigenvalue weighted by Crippen LogP contribution is 2.51. The summed E-state index contributed by atoms with van der Waals surface area (Å²) in [6.07, 6.45) is 12.6. The van der Waals surface area contributed by atoms with Crippen LogP contribution in [0.25, 0.3) is 27.5 Å². The van der Waals surface area contributed by atoms with E-state index in [4.69, 9.17) is 9.98 Å². The van der Waals surface area contributed by atoms with Gasteiger partial charge in [-0.15, -0.1) is 0 Å². The molecule has 0 amide bonds. The Morgan fingerprint density at radius 1 is 0.818 bits per heavy atom. The van der Waals surface area contributed by atoms with E-state index in [2.05, 4.69) is 156 Å². The van der Waals surface area contributed by atoms with E-state index in [-0.39, 0.29) is 18.1 Å². The van der Waals surface area contributed by atoms with E-state index >= 15 is 0 Å². The highest BCUT2D eigenvalue weighted by Gasteiger charge is 2.44. The Labute approximate surface area is 257 Å². The van der Waals surface area contributed by atoms with Crippen LogP contribution in [-0.2, 0) is 0 Å². The first-order chi connectivity index (χ1) is 21.7. The smallest absolute Gasteiger partial charge is 0.210 e. The molecule has 0 fully saturated rings. The minimum absolute atomic E-state index is 0.0727. The Kier molecular flexibility index (Phi) is 6.19. The van der Waals surface area contributed by atoms with Crippen LogP contribution in [0.4, 0.5) is 5.69 Å². The Morgan fingerprint density at radius 2 is 1.55 bits per heavy atom. The van der Waals surface area contributed by atoms with Gasteiger partial charge in [-0.25, -0.2) is 4.99 Å². The fourth-order valence-corrected chi connectivity index (χ4v) is 7.04. The number of amidine groups is 1. The van der Waals surface area contributed by atoms with E-state index in [0.717, 1.165) is 28.6 Å². The molecule has 44 heavy (non-hydrogen) atoms. The zero-order valence-electron chi connectivity index (χ0n) is 24.9. The SMILES string of the molecule is C=C/C=C(\C)C1=NC(c2ccccc2)N(C)C(N2c3c(ccc4c5ccccc5n(-c5ccccc5)c34)C3C=CC=CC32)=N1. The second kappa shape index (κ2) is 10.4. The predicted octanol–water partition coefficient (Wildman–Crippen LogP) is 8.71. The van der Waals surface area contributed by atoms with E-state index < -0.39 is 0 Å². The van der Waals surface area contributed by atoms with Gasteiger partial charge < -0.3 is 14.4 Å². The lowest BCUT2D eigenvalue weighted by Crippen LogP contribution is -2.49. The fourth-order valence-electron chi connectivity index (χ4n) is 7.04. The molecule has 214 valence electrons. The third-order valence-electron chi connectivity index (χ3n) is 9.03. The Bertz CT molecular complexity index is 2080. The number of nitrogens with zero attached hydrogens (tertiary/aromatic N) is 5. The molecule has 0 saturated heterocycles. The van der Waals surface area contributed by atoms with E-state index in [1.807, 2.05) is 6.08 Å². The molecule has 5 nitrogen and oxygen atoms in total. The number of hydrogen-bond donors (Lipinski definition) is 0. The second-order valence-electron chi connectivity index (χ2n) is 11.6. The summed E-state index contributed by atoms with van der Waals surface area (Å²) in [5.74, 6) is 1.80. The molecule has 3 unspecified atom stereocenters. The molecular weight excluding hydrogens is 538 g/mol. The first-order valence-corrected chi connectivity index (χ1v) is 15.2. The third-order valence-corrected chi connectivity index (χ3v) is 9.03. The molecule has 0 spiro atoms. The van der Waals surface area contributed by atoms with Crippen LogP contribution in [0.5, 0.6) is 0 Å². The predicted molar refractivity (Wildman–Crippen MR) is 184 cm³/mol. The van der Waals surface area contributed by atoms with Crippen molar-refractivity contribution in [3.8, 4) is 5.69 Å². The highest BCUT2D eigenvalue weighted by atomic mass is 15.5. The molecular formula is C39H33N5. The molecule has 3 aliphatic rings. The molecule has 5 heteroatoms. The lowest BCUT2D eigenvalue weighted by Gasteiger charge is -2.39. The maximum absolute atomic E-state index is 5.33. The number of guanidine groups is 1. The molecule has 5 aromatic rings. The van der Waals surface area contributed by atoms with Gasteiger partial charge >= 0.3 is 0 Å². The van der Waals surface area contributed by atoms with Crippen molar-refractivity contribution in [2.75, 3.05) is 11.9 Å². The van der Waals surface area contributed by atoms with Crippen molar-refractivity contribution in [3.05, 3.63) is 157 Å². The van der Waals surface area contributed by atoms with Gasteiger partial charge in [0.1, 0.15) is 0 Å². The number of fused-ring (bicyclic) bond motifs is 7. The summed E-state index contributed by atoms with van der Waals surface area (Å²) < 4.78 is 2.43. The molecule has 0 N–H and O–H groups in total. The largest absolute Gasteiger partial charge is 0.319 e. The molecule has 0 saturated carbocycles. The number of anilines is 1. The minimum atomic E-state index is -0.225. The number of benzene rings is 4. The van der Waals surface area contributed by atoms with Crippen LogP contribution in [0.2, 0.25) is 0 Å². The number of allylic oxidation sites excluding steroid dienone is 4. The van der Waals surface area contributed by atoms with E-state index in [9.17, 15) is 0 Å². The molecule has 2 aliphatic heterocycles. The van der Waals surface area contributed by atoms with Gasteiger partial charge in [0.15, 0.2) is 12.0 Å². The maximum atomic E-state index is 5.33. The van der Waals surface area contributed by atoms with Gasteiger partial charge in [0.05, 0.1) is 22.8 Å². The summed E-state index contributed by atoms with van der Waals surface area (Å²) in [7, 11) is 2.12. The van der Waals surface area contributed by atoms with Crippen LogP contribution in [-0.4, -0.2) is 34.4 Å². The number of aromatic nitrogens is 1. The van der Waals surface area contributed by atoms with Crippen molar-refractivity contribution in [2.24, 2.45) is 9.98 Å². The summed E-state index contributed by atoms with van der Waals surface area (Å²) in [6.45, 7) is 6.00. The monoisotopic (exact) mass is 571 g/mol. The van der Waals surface area contributed by atoms with Crippen LogP contribution in [0.1, 0.15) is 30.1 Å². The van der Waals surface area contributed by atoms with Crippen LogP contribution >= 0.6 is 0 Å². The Hall–Kier alpha value is -5.42. The average molecular weight is 572 g/mol. The van der Waals surface area contributed by atoms with Crippen LogP contribution in [0.15, 0.2) is 156 Å². The van der Waals surface area contributed by atoms with E-state index in [1.165, 1.54) is 33.1 Å². The van der Waals surface area contributed by atoms with Gasteiger partial charge in [0.2, 0.25) is 5.96 Å². The zero-order valence-corrected chi connectivity index (χ0v) is 24.9. The van der Waals surface area contributed by atoms with Crippen molar-refractivity contribution in [2.45, 2.75) is 25.0 Å². The first kappa shape index (κ1) is 26.2. The highest BCUT2D eigenvalue weighted by molar-refractivity contribution is 6.19. The first-order valence-electron chi connectivity index (χ1n) is 15.2. The van der Waals surface area contributed by atoms with Gasteiger partial charge in [-0.05, 0) is 41.8 Å². The summed E-state index contributed by atoms with van der Waals surface area (Å²) in [4.78, 5) is 15.2. The molecule has 8 rings (SSSR count). The molecule has 3 atom stereocenters. The number of rotatable bonds is 4. The van der Waals surface area contributed by atoms with Gasteiger partial charge in [-0.3, -0.25) is 0 Å². The molecule has 0 radical (unpaired) electrons. The number of aliphatic imine (C=N–C) groups is 2. The van der Waals surface area contributed by atoms with Crippen molar-refractivity contribution in [3.63, 3.8) is 0 Å². The molecule has 0 bridgehead atoms. The van der Waals surface area contributed by atoms with Crippen LogP contribution in [0, 0.1) is 0 Å². The molecule has 4 aromatic carbocycles. The van der Waals surface area contributed by atoms with Crippen LogP contribution < -0.4 is 4.90 Å². The van der Waals surface area contributed by atoms with Gasteiger partial charge in [0.25, 0.3) is 0 Å². The molecule has 1 aliphatic carbocycles. The van der Waals surface area contributed by atoms with Gasteiger partial charge in [-0.2, -0.15) is 4.99 Å². The van der Waals surface area contributed by atoms with Gasteiger partial charge in [-0.1, -0.05) is 122 Å². The zero-order chi connectivity index (χ0) is 29.8. The fraction of sp³-hybridized carbons (Fsp3) is 0.128. The van der Waals surface area contributed by atoms with Crippen molar-refractivity contribution >= 4 is 39.3 Å². The summed E-state index contributed by atoms with van der Waals surface area (Å²) in [6, 6.07) is 34.6. The quantitative estimate of drug-likeness (QED) is 0.202. The number of para-hydroxylation sites is 2. The minimum Gasteiger partial charge on any atom is -0.319 e. The lowest BCUT2D eigenvalue weighted by atomic mass is 9.91. The van der Waals surface area contributed by atoms with E-state index in [0.29, 0.717) is 0 Å². The van der Waals surface area contributed by atoms with E-state index in [1.54, 1.807) is 6.08 Å². The third kappa shape index (κ3) is 3.93. The summed E-state index contributed by atoms with van der Waals surface area (Å²) in [5.41, 5.74) is 8.13. The lowest BCUT2D eigenvalue weighted by molar-refractivity contribution is 0.373. The summed E-state index contributed by atoms with van der Waals surface area (Å²) in [5, 5.41) is 2.47. The summed E-state index contributed by atoms with van der Waals surface area (Å²) >= 11 is 0. The molecule has 1 aromatic heterocycles. The standard InChI is InChI=1S/C39H33N5/c1-4-15-26(2)37-40-38(27-16-7-5-8-17-27)42(3)39(41-37)44-34-23-14-12-21-30(34)32-25-24-31-29-20-11-13-22-33(29)43(35(31)36(32)44)28-18-9-6-10-19-28/h4-25,30,34,38H,1H2,2-3H3/b26-15+. The Morgan fingerprint density at radius 3 is 2.34 bits per heavy atom. The molecule has 3 heterocycles. The van der Waals surface area contributed by atoms with Crippen molar-refractivity contribution < 1.29 is 0 Å². The normalized spacial score (nSPS) is 21.0. The van der Waals surface area contributed by atoms with Crippen LogP contribution in [0.3, 0.4) is 0 Å². The van der Waals surface area contributed by atoms with Crippen molar-refractivity contribution in [1.82, 2.24) is 9.47 Å². The average Bonchev–Trinajstić information content (AvgIpc) is 3.59. The van der Waals surface area contributed by atoms with Crippen molar-refractivity contribution in [1.29, 1.82) is 0 Å². The van der Waals surface area contributed by atoms with Gasteiger partial charge in [0, 0.05) is 29.4 Å². The number of hydrogen-bond acceptors (Lipinski definition) is 4. The topological polar surface area (TPSA) is 36.1 Å². The second-order valence-corrected chi connectivity index (χ2v) is 11.6. The Balaban J connectivity index is 1.44.